The number of aryl methyl sites for hydroxylation is 1. The van der Waals surface area contributed by atoms with Crippen LogP contribution in [0.5, 0.6) is 11.8 Å². The van der Waals surface area contributed by atoms with Crippen molar-refractivity contribution in [2.45, 2.75) is 19.8 Å². The van der Waals surface area contributed by atoms with E-state index in [1.807, 2.05) is 24.3 Å². The summed E-state index contributed by atoms with van der Waals surface area (Å²) in [4.78, 5) is 8.38. The minimum atomic E-state index is 0.227. The van der Waals surface area contributed by atoms with E-state index in [1.165, 1.54) is 5.56 Å². The van der Waals surface area contributed by atoms with Crippen LogP contribution < -0.4 is 10.5 Å². The van der Waals surface area contributed by atoms with Crippen LogP contribution >= 0.6 is 12.2 Å². The molecule has 0 aliphatic carbocycles. The number of thiocarbonyl (C=S) groups is 1. The van der Waals surface area contributed by atoms with Crippen molar-refractivity contribution in [2.24, 2.45) is 5.73 Å². The lowest BCUT2D eigenvalue weighted by Gasteiger charge is -2.05. The third-order valence-corrected chi connectivity index (χ3v) is 2.77. The summed E-state index contributed by atoms with van der Waals surface area (Å²) in [5.41, 5.74) is 7.30. The molecule has 4 nitrogen and oxygen atoms in total. The summed E-state index contributed by atoms with van der Waals surface area (Å²) in [5, 5.41) is 0. The second kappa shape index (κ2) is 6.24. The molecule has 0 radical (unpaired) electrons. The average Bonchev–Trinajstić information content (AvgIpc) is 2.42. The number of hydrogen-bond acceptors (Lipinski definition) is 4. The zero-order valence-electron chi connectivity index (χ0n) is 10.7. The molecule has 0 saturated carbocycles. The first-order valence-electron chi connectivity index (χ1n) is 6.08. The van der Waals surface area contributed by atoms with Gasteiger partial charge >= 0.3 is 6.01 Å². The van der Waals surface area contributed by atoms with Crippen LogP contribution in [0, 0.1) is 0 Å². The van der Waals surface area contributed by atoms with Crippen molar-refractivity contribution in [1.29, 1.82) is 0 Å². The monoisotopic (exact) mass is 273 g/mol. The Hall–Kier alpha value is -2.01. The third kappa shape index (κ3) is 3.72. The molecule has 98 valence electrons. The van der Waals surface area contributed by atoms with Gasteiger partial charge in [0, 0.05) is 6.20 Å². The molecule has 2 N–H and O–H groups in total. The fraction of sp³-hybridized carbons (Fsp3) is 0.214. The van der Waals surface area contributed by atoms with Crippen molar-refractivity contribution in [2.75, 3.05) is 0 Å². The topological polar surface area (TPSA) is 61.0 Å². The lowest BCUT2D eigenvalue weighted by atomic mass is 10.1. The predicted molar refractivity (Wildman–Crippen MR) is 78.4 cm³/mol. The second-order valence-corrected chi connectivity index (χ2v) is 4.52. The number of nitrogens with zero attached hydrogens (tertiary/aromatic N) is 2. The molecule has 5 heteroatoms. The Bertz CT molecular complexity index is 569. The molecule has 2 aromatic rings. The first-order chi connectivity index (χ1) is 9.19. The summed E-state index contributed by atoms with van der Waals surface area (Å²) < 4.78 is 5.56. The van der Waals surface area contributed by atoms with Crippen molar-refractivity contribution in [1.82, 2.24) is 9.97 Å². The summed E-state index contributed by atoms with van der Waals surface area (Å²) in [6, 6.07) is 9.78. The number of hydrogen-bond donors (Lipinski definition) is 1. The molecule has 0 aliphatic heterocycles. The largest absolute Gasteiger partial charge is 0.424 e. The van der Waals surface area contributed by atoms with Gasteiger partial charge in [-0.25, -0.2) is 4.98 Å². The van der Waals surface area contributed by atoms with Gasteiger partial charge in [0.15, 0.2) is 0 Å². The van der Waals surface area contributed by atoms with Gasteiger partial charge < -0.3 is 10.5 Å². The molecule has 0 bridgehead atoms. The number of ether oxygens (including phenoxy) is 1. The first kappa shape index (κ1) is 13.4. The third-order valence-electron chi connectivity index (χ3n) is 2.56. The van der Waals surface area contributed by atoms with Crippen molar-refractivity contribution in [3.05, 3.63) is 47.8 Å². The molecular formula is C14H15N3OS. The maximum atomic E-state index is 5.56. The normalized spacial score (nSPS) is 10.2. The molecule has 1 heterocycles. The Balaban J connectivity index is 2.12. The summed E-state index contributed by atoms with van der Waals surface area (Å²) in [7, 11) is 0. The average molecular weight is 273 g/mol. The van der Waals surface area contributed by atoms with Crippen LogP contribution in [-0.2, 0) is 6.42 Å². The summed E-state index contributed by atoms with van der Waals surface area (Å²) in [6.45, 7) is 2.15. The van der Waals surface area contributed by atoms with Gasteiger partial charge in [-0.3, -0.25) is 0 Å². The highest BCUT2D eigenvalue weighted by Gasteiger charge is 2.04. The van der Waals surface area contributed by atoms with Crippen LogP contribution in [0.25, 0.3) is 0 Å². The quantitative estimate of drug-likeness (QED) is 0.849. The number of benzene rings is 1. The fourth-order valence-electron chi connectivity index (χ4n) is 1.65. The van der Waals surface area contributed by atoms with Gasteiger partial charge in [-0.1, -0.05) is 37.7 Å². The van der Waals surface area contributed by atoms with Crippen molar-refractivity contribution >= 4 is 17.2 Å². The van der Waals surface area contributed by atoms with E-state index in [1.54, 1.807) is 12.3 Å². The van der Waals surface area contributed by atoms with Crippen molar-refractivity contribution < 1.29 is 4.74 Å². The Labute approximate surface area is 117 Å². The maximum Gasteiger partial charge on any atom is 0.322 e. The Morgan fingerprint density at radius 2 is 2.00 bits per heavy atom. The van der Waals surface area contributed by atoms with Crippen LogP contribution in [0.4, 0.5) is 0 Å². The van der Waals surface area contributed by atoms with Gasteiger partial charge in [0.05, 0.1) is 0 Å². The molecule has 0 unspecified atom stereocenters. The van der Waals surface area contributed by atoms with E-state index in [0.29, 0.717) is 11.4 Å². The van der Waals surface area contributed by atoms with Crippen LogP contribution in [0.2, 0.25) is 0 Å². The molecule has 1 aromatic heterocycles. The summed E-state index contributed by atoms with van der Waals surface area (Å²) >= 11 is 4.86. The molecule has 0 amide bonds. The Morgan fingerprint density at radius 1 is 1.26 bits per heavy atom. The highest BCUT2D eigenvalue weighted by Crippen LogP contribution is 2.18. The second-order valence-electron chi connectivity index (χ2n) is 4.08. The number of rotatable bonds is 5. The zero-order valence-corrected chi connectivity index (χ0v) is 11.5. The van der Waals surface area contributed by atoms with E-state index in [2.05, 4.69) is 16.9 Å². The van der Waals surface area contributed by atoms with E-state index < -0.39 is 0 Å². The van der Waals surface area contributed by atoms with Crippen LogP contribution in [-0.4, -0.2) is 15.0 Å². The molecule has 0 saturated heterocycles. The molecule has 1 aromatic carbocycles. The minimum Gasteiger partial charge on any atom is -0.424 e. The highest BCUT2D eigenvalue weighted by atomic mass is 32.1. The Kier molecular flexibility index (Phi) is 4.41. The fourth-order valence-corrected chi connectivity index (χ4v) is 1.76. The molecule has 19 heavy (non-hydrogen) atoms. The summed E-state index contributed by atoms with van der Waals surface area (Å²) in [6.07, 6.45) is 3.76. The van der Waals surface area contributed by atoms with E-state index in [-0.39, 0.29) is 11.0 Å². The lowest BCUT2D eigenvalue weighted by Crippen LogP contribution is -2.12. The zero-order chi connectivity index (χ0) is 13.7. The smallest absolute Gasteiger partial charge is 0.322 e. The van der Waals surface area contributed by atoms with Gasteiger partial charge in [-0.15, -0.1) is 0 Å². The molecular weight excluding hydrogens is 258 g/mol. The van der Waals surface area contributed by atoms with Gasteiger partial charge in [-0.2, -0.15) is 4.98 Å². The number of nitrogens with two attached hydrogens (primary N) is 1. The summed E-state index contributed by atoms with van der Waals surface area (Å²) in [5.74, 6) is 0.694. The number of aromatic nitrogens is 2. The first-order valence-corrected chi connectivity index (χ1v) is 6.49. The van der Waals surface area contributed by atoms with Crippen molar-refractivity contribution in [3.8, 4) is 11.8 Å². The minimum absolute atomic E-state index is 0.227. The van der Waals surface area contributed by atoms with Crippen LogP contribution in [0.3, 0.4) is 0 Å². The maximum absolute atomic E-state index is 5.56. The predicted octanol–water partition coefficient (Wildman–Crippen LogP) is 2.86. The van der Waals surface area contributed by atoms with Crippen molar-refractivity contribution in [3.63, 3.8) is 0 Å². The molecule has 0 atom stereocenters. The van der Waals surface area contributed by atoms with E-state index >= 15 is 0 Å². The van der Waals surface area contributed by atoms with Gasteiger partial charge in [0.25, 0.3) is 0 Å². The highest BCUT2D eigenvalue weighted by molar-refractivity contribution is 7.80. The molecule has 0 fully saturated rings. The van der Waals surface area contributed by atoms with E-state index in [0.717, 1.165) is 12.8 Å². The SMILES string of the molecule is CCCc1ccc(Oc2nccc(C(N)=S)n2)cc1. The van der Waals surface area contributed by atoms with Crippen LogP contribution in [0.15, 0.2) is 36.5 Å². The van der Waals surface area contributed by atoms with E-state index in [9.17, 15) is 0 Å². The van der Waals surface area contributed by atoms with Gasteiger partial charge in [0.2, 0.25) is 0 Å². The van der Waals surface area contributed by atoms with Gasteiger partial charge in [-0.05, 0) is 30.2 Å². The standard InChI is InChI=1S/C14H15N3OS/c1-2-3-10-4-6-11(7-5-10)18-14-16-9-8-12(17-14)13(15)19/h4-9H,2-3H2,1H3,(H2,15,19). The molecule has 0 aliphatic rings. The van der Waals surface area contributed by atoms with Gasteiger partial charge in [0.1, 0.15) is 16.4 Å². The van der Waals surface area contributed by atoms with Crippen LogP contribution in [0.1, 0.15) is 24.6 Å². The Morgan fingerprint density at radius 3 is 2.63 bits per heavy atom. The molecule has 0 spiro atoms. The lowest BCUT2D eigenvalue weighted by molar-refractivity contribution is 0.441. The molecule has 2 rings (SSSR count). The van der Waals surface area contributed by atoms with E-state index in [4.69, 9.17) is 22.7 Å².